The Morgan fingerprint density at radius 3 is 2.79 bits per heavy atom. The maximum absolute atomic E-state index is 11.6. The molecule has 2 aromatic rings. The third-order valence-corrected chi connectivity index (χ3v) is 3.44. The van der Waals surface area contributed by atoms with Crippen molar-refractivity contribution in [1.29, 1.82) is 0 Å². The van der Waals surface area contributed by atoms with Crippen LogP contribution in [-0.2, 0) is 6.54 Å². The molecule has 1 N–H and O–H groups in total. The molecule has 102 valence electrons. The Labute approximate surface area is 116 Å². The molecular weight excluding hydrogens is 266 g/mol. The number of rotatable bonds is 4. The molecule has 0 aliphatic carbocycles. The lowest BCUT2D eigenvalue weighted by Crippen LogP contribution is -2.22. The van der Waals surface area contributed by atoms with E-state index in [1.807, 2.05) is 24.9 Å². The van der Waals surface area contributed by atoms with E-state index in [0.717, 1.165) is 16.5 Å². The van der Waals surface area contributed by atoms with Gasteiger partial charge in [0.15, 0.2) is 0 Å². The first-order valence-corrected chi connectivity index (χ1v) is 6.41. The van der Waals surface area contributed by atoms with Crippen LogP contribution in [0.5, 0.6) is 0 Å². The summed E-state index contributed by atoms with van der Waals surface area (Å²) in [7, 11) is 1.88. The van der Waals surface area contributed by atoms with Crippen LogP contribution in [0.2, 0.25) is 5.02 Å². The zero-order chi connectivity index (χ0) is 14.0. The third kappa shape index (κ3) is 3.15. The van der Waals surface area contributed by atoms with Gasteiger partial charge in [-0.2, -0.15) is 0 Å². The van der Waals surface area contributed by atoms with Gasteiger partial charge in [-0.1, -0.05) is 11.6 Å². The molecule has 4 nitrogen and oxygen atoms in total. The van der Waals surface area contributed by atoms with E-state index in [2.05, 4.69) is 0 Å². The van der Waals surface area contributed by atoms with Crippen LogP contribution in [0, 0.1) is 6.92 Å². The fourth-order valence-electron chi connectivity index (χ4n) is 2.02. The smallest absolute Gasteiger partial charge is 0.336 e. The first-order chi connectivity index (χ1) is 9.01. The molecular formula is C14H16ClNO3. The molecule has 0 amide bonds. The predicted octanol–water partition coefficient (Wildman–Crippen LogP) is 2.18. The molecule has 0 bridgehead atoms. The van der Waals surface area contributed by atoms with E-state index in [-0.39, 0.29) is 12.2 Å². The number of halogens is 1. The van der Waals surface area contributed by atoms with Gasteiger partial charge in [0.05, 0.1) is 6.61 Å². The summed E-state index contributed by atoms with van der Waals surface area (Å²) in [6.07, 6.45) is 0. The Morgan fingerprint density at radius 2 is 2.11 bits per heavy atom. The number of aliphatic hydroxyl groups is 1. The predicted molar refractivity (Wildman–Crippen MR) is 75.7 cm³/mol. The number of fused-ring (bicyclic) bond motifs is 1. The largest absolute Gasteiger partial charge is 0.423 e. The Hall–Kier alpha value is -1.36. The normalized spacial score (nSPS) is 11.4. The molecule has 0 unspecified atom stereocenters. The average molecular weight is 282 g/mol. The summed E-state index contributed by atoms with van der Waals surface area (Å²) in [5, 5.41) is 10.4. The molecule has 1 aromatic carbocycles. The summed E-state index contributed by atoms with van der Waals surface area (Å²) in [5.41, 5.74) is 1.89. The maximum Gasteiger partial charge on any atom is 0.336 e. The minimum absolute atomic E-state index is 0.0791. The van der Waals surface area contributed by atoms with Gasteiger partial charge >= 0.3 is 5.63 Å². The zero-order valence-corrected chi connectivity index (χ0v) is 11.7. The number of aryl methyl sites for hydroxylation is 1. The van der Waals surface area contributed by atoms with Crippen LogP contribution in [0.1, 0.15) is 11.1 Å². The quantitative estimate of drug-likeness (QED) is 0.873. The summed E-state index contributed by atoms with van der Waals surface area (Å²) in [4.78, 5) is 13.5. The summed E-state index contributed by atoms with van der Waals surface area (Å²) >= 11 is 6.12. The monoisotopic (exact) mass is 281 g/mol. The van der Waals surface area contributed by atoms with Crippen molar-refractivity contribution in [3.63, 3.8) is 0 Å². The molecule has 0 aliphatic heterocycles. The SMILES string of the molecule is Cc1cc2oc(=O)cc(CN(C)CCO)c2cc1Cl. The maximum atomic E-state index is 11.6. The second kappa shape index (κ2) is 5.74. The zero-order valence-electron chi connectivity index (χ0n) is 10.9. The number of benzene rings is 1. The van der Waals surface area contributed by atoms with E-state index in [1.165, 1.54) is 6.07 Å². The summed E-state index contributed by atoms with van der Waals surface area (Å²) in [6.45, 7) is 3.05. The van der Waals surface area contributed by atoms with Gasteiger partial charge in [-0.15, -0.1) is 0 Å². The molecule has 19 heavy (non-hydrogen) atoms. The van der Waals surface area contributed by atoms with Crippen LogP contribution in [0.25, 0.3) is 11.0 Å². The molecule has 2 rings (SSSR count). The Morgan fingerprint density at radius 1 is 1.37 bits per heavy atom. The van der Waals surface area contributed by atoms with Crippen LogP contribution < -0.4 is 5.63 Å². The van der Waals surface area contributed by atoms with E-state index in [0.29, 0.717) is 23.7 Å². The van der Waals surface area contributed by atoms with Gasteiger partial charge in [0, 0.05) is 29.6 Å². The van der Waals surface area contributed by atoms with Crippen molar-refractivity contribution in [3.8, 4) is 0 Å². The minimum atomic E-state index is -0.373. The molecule has 0 spiro atoms. The number of nitrogens with zero attached hydrogens (tertiary/aromatic N) is 1. The van der Waals surface area contributed by atoms with Crippen molar-refractivity contribution in [1.82, 2.24) is 4.90 Å². The average Bonchev–Trinajstić information content (AvgIpc) is 2.32. The fourth-order valence-corrected chi connectivity index (χ4v) is 2.18. The van der Waals surface area contributed by atoms with Crippen molar-refractivity contribution in [2.24, 2.45) is 0 Å². The second-order valence-electron chi connectivity index (χ2n) is 4.65. The molecule has 5 heteroatoms. The Balaban J connectivity index is 2.53. The Kier molecular flexibility index (Phi) is 4.24. The van der Waals surface area contributed by atoms with Crippen molar-refractivity contribution in [2.45, 2.75) is 13.5 Å². The highest BCUT2D eigenvalue weighted by molar-refractivity contribution is 6.32. The molecule has 1 heterocycles. The van der Waals surface area contributed by atoms with Crippen molar-refractivity contribution < 1.29 is 9.52 Å². The van der Waals surface area contributed by atoms with Crippen LogP contribution in [0.15, 0.2) is 27.4 Å². The van der Waals surface area contributed by atoms with E-state index < -0.39 is 0 Å². The highest BCUT2D eigenvalue weighted by atomic mass is 35.5. The molecule has 0 radical (unpaired) electrons. The van der Waals surface area contributed by atoms with E-state index in [9.17, 15) is 4.79 Å². The van der Waals surface area contributed by atoms with Gasteiger partial charge in [0.2, 0.25) is 0 Å². The lowest BCUT2D eigenvalue weighted by molar-refractivity contribution is 0.217. The number of likely N-dealkylation sites (N-methyl/N-ethyl adjacent to an activating group) is 1. The van der Waals surface area contributed by atoms with Gasteiger partial charge in [-0.25, -0.2) is 4.79 Å². The number of aliphatic hydroxyl groups excluding tert-OH is 1. The van der Waals surface area contributed by atoms with Crippen LogP contribution in [-0.4, -0.2) is 30.2 Å². The molecule has 0 saturated carbocycles. The molecule has 0 fully saturated rings. The first kappa shape index (κ1) is 14.1. The molecule has 0 aliphatic rings. The molecule has 1 aromatic heterocycles. The van der Waals surface area contributed by atoms with E-state index in [1.54, 1.807) is 6.07 Å². The number of hydrogen-bond donors (Lipinski definition) is 1. The molecule has 0 atom stereocenters. The van der Waals surface area contributed by atoms with Crippen molar-refractivity contribution in [3.05, 3.63) is 44.8 Å². The van der Waals surface area contributed by atoms with Crippen LogP contribution >= 0.6 is 11.6 Å². The van der Waals surface area contributed by atoms with E-state index in [4.69, 9.17) is 21.1 Å². The van der Waals surface area contributed by atoms with Crippen LogP contribution in [0.3, 0.4) is 0 Å². The highest BCUT2D eigenvalue weighted by Gasteiger charge is 2.10. The lowest BCUT2D eigenvalue weighted by Gasteiger charge is -2.16. The molecule has 0 saturated heterocycles. The third-order valence-electron chi connectivity index (χ3n) is 3.03. The lowest BCUT2D eigenvalue weighted by atomic mass is 10.1. The standard InChI is InChI=1S/C14H16ClNO3/c1-9-5-13-11(7-12(9)15)10(6-14(18)19-13)8-16(2)3-4-17/h5-7,17H,3-4,8H2,1-2H3. The fraction of sp³-hybridized carbons (Fsp3) is 0.357. The van der Waals surface area contributed by atoms with Gasteiger partial charge in [0.1, 0.15) is 5.58 Å². The van der Waals surface area contributed by atoms with Gasteiger partial charge in [0.25, 0.3) is 0 Å². The number of hydrogen-bond acceptors (Lipinski definition) is 4. The first-order valence-electron chi connectivity index (χ1n) is 6.03. The summed E-state index contributed by atoms with van der Waals surface area (Å²) < 4.78 is 5.20. The van der Waals surface area contributed by atoms with Gasteiger partial charge in [-0.05, 0) is 37.2 Å². The second-order valence-corrected chi connectivity index (χ2v) is 5.06. The minimum Gasteiger partial charge on any atom is -0.423 e. The van der Waals surface area contributed by atoms with E-state index >= 15 is 0 Å². The Bertz CT molecular complexity index is 651. The van der Waals surface area contributed by atoms with Crippen molar-refractivity contribution in [2.75, 3.05) is 20.2 Å². The van der Waals surface area contributed by atoms with Gasteiger partial charge in [-0.3, -0.25) is 4.90 Å². The van der Waals surface area contributed by atoms with Crippen molar-refractivity contribution >= 4 is 22.6 Å². The van der Waals surface area contributed by atoms with Gasteiger partial charge < -0.3 is 9.52 Å². The highest BCUT2D eigenvalue weighted by Crippen LogP contribution is 2.25. The topological polar surface area (TPSA) is 53.7 Å². The summed E-state index contributed by atoms with van der Waals surface area (Å²) in [5.74, 6) is 0. The van der Waals surface area contributed by atoms with Crippen LogP contribution in [0.4, 0.5) is 0 Å². The summed E-state index contributed by atoms with van der Waals surface area (Å²) in [6, 6.07) is 5.06.